The van der Waals surface area contributed by atoms with Crippen molar-refractivity contribution in [1.82, 2.24) is 18.5 Å². The van der Waals surface area contributed by atoms with Crippen LogP contribution in [-0.2, 0) is 24.8 Å². The first-order valence-electron chi connectivity index (χ1n) is 13.1. The molecule has 12 heteroatoms. The first kappa shape index (κ1) is 27.3. The number of fused-ring (bicyclic) bond motifs is 1. The Bertz CT molecular complexity index is 1370. The average Bonchev–Trinajstić information content (AvgIpc) is 3.31. The minimum absolute atomic E-state index is 0.0977. The van der Waals surface area contributed by atoms with Gasteiger partial charge in [-0.05, 0) is 69.7 Å². The second-order valence-electron chi connectivity index (χ2n) is 10.7. The summed E-state index contributed by atoms with van der Waals surface area (Å²) in [7, 11) is -3.55. The van der Waals surface area contributed by atoms with Crippen molar-refractivity contribution in [2.45, 2.75) is 49.7 Å². The normalized spacial score (nSPS) is 24.8. The summed E-state index contributed by atoms with van der Waals surface area (Å²) in [5.74, 6) is 1.09. The van der Waals surface area contributed by atoms with E-state index in [0.717, 1.165) is 36.8 Å². The summed E-state index contributed by atoms with van der Waals surface area (Å²) in [5.41, 5.74) is 1.77. The fourth-order valence-electron chi connectivity index (χ4n) is 5.81. The summed E-state index contributed by atoms with van der Waals surface area (Å²) in [5, 5.41) is 3.29. The van der Waals surface area contributed by atoms with E-state index in [9.17, 15) is 16.8 Å². The van der Waals surface area contributed by atoms with Crippen LogP contribution in [0.15, 0.2) is 46.4 Å². The first-order chi connectivity index (χ1) is 18.1. The molecule has 1 aromatic heterocycles. The number of nitrogens with zero attached hydrogens (tertiary/aromatic N) is 4. The maximum Gasteiger partial charge on any atom is 0.269 e. The maximum atomic E-state index is 13.3. The predicted octanol–water partition coefficient (Wildman–Crippen LogP) is 2.69. The highest BCUT2D eigenvalue weighted by Gasteiger charge is 2.42. The topological polar surface area (TPSA) is 113 Å². The molecule has 1 aromatic carbocycles. The van der Waals surface area contributed by atoms with Crippen molar-refractivity contribution >= 4 is 32.2 Å². The molecule has 3 aliphatic rings. The fraction of sp³-hybridized carbons (Fsp3) is 0.577. The first-order valence-corrected chi connectivity index (χ1v) is 16.2. The molecule has 2 fully saturated rings. The summed E-state index contributed by atoms with van der Waals surface area (Å²) in [4.78, 5) is 6.85. The van der Waals surface area contributed by atoms with Gasteiger partial charge >= 0.3 is 0 Å². The van der Waals surface area contributed by atoms with E-state index in [1.165, 1.54) is 3.97 Å². The molecule has 38 heavy (non-hydrogen) atoms. The van der Waals surface area contributed by atoms with Crippen LogP contribution in [0.25, 0.3) is 0 Å². The van der Waals surface area contributed by atoms with E-state index in [-0.39, 0.29) is 28.8 Å². The van der Waals surface area contributed by atoms with Gasteiger partial charge in [-0.1, -0.05) is 17.7 Å². The number of ether oxygens (including phenoxy) is 1. The van der Waals surface area contributed by atoms with E-state index < -0.39 is 20.0 Å². The van der Waals surface area contributed by atoms with Crippen molar-refractivity contribution in [3.63, 3.8) is 0 Å². The molecular weight excluding hydrogens is 526 g/mol. The molecule has 10 nitrogen and oxygen atoms in total. The third-order valence-electron chi connectivity index (χ3n) is 8.06. The monoisotopic (exact) mass is 563 g/mol. The number of aliphatic imine (C=N–C) groups is 1. The van der Waals surface area contributed by atoms with Gasteiger partial charge < -0.3 is 9.64 Å². The third kappa shape index (κ3) is 5.16. The Kier molecular flexibility index (Phi) is 7.71. The molecule has 2 aliphatic heterocycles. The quantitative estimate of drug-likeness (QED) is 0.499. The van der Waals surface area contributed by atoms with Gasteiger partial charge in [-0.2, -0.15) is 0 Å². The van der Waals surface area contributed by atoms with Gasteiger partial charge in [-0.3, -0.25) is 5.32 Å². The SMILES string of the molecule is CNC1c2ccn(S(=O)(=O)c3ccc(C)cc3)c2N=CN1C1CC(CS(=O)(=O)N2CCC(COC)CC2)C1. The van der Waals surface area contributed by atoms with Crippen LogP contribution < -0.4 is 5.32 Å². The molecule has 0 radical (unpaired) electrons. The Hall–Kier alpha value is -2.25. The van der Waals surface area contributed by atoms with Gasteiger partial charge in [0, 0.05) is 44.6 Å². The number of benzene rings is 1. The van der Waals surface area contributed by atoms with Gasteiger partial charge in [0.15, 0.2) is 5.82 Å². The standard InChI is InChI=1S/C26H37N5O5S2/c1-19-4-6-23(7-5-19)38(34,35)31-13-10-24-25(27-2)30(18-28-26(24)31)22-14-21(15-22)17-37(32,33)29-11-8-20(9-12-29)16-36-3/h4-7,10,13,18,20-22,25,27H,8-9,11-12,14-17H2,1-3H3. The minimum Gasteiger partial charge on any atom is -0.384 e. The summed E-state index contributed by atoms with van der Waals surface area (Å²) in [6.45, 7) is 3.73. The summed E-state index contributed by atoms with van der Waals surface area (Å²) < 4.78 is 60.8. The van der Waals surface area contributed by atoms with Gasteiger partial charge in [0.25, 0.3) is 10.0 Å². The average molecular weight is 564 g/mol. The largest absolute Gasteiger partial charge is 0.384 e. The number of sulfonamides is 1. The van der Waals surface area contributed by atoms with E-state index in [1.54, 1.807) is 54.3 Å². The molecule has 2 aromatic rings. The summed E-state index contributed by atoms with van der Waals surface area (Å²) in [6.07, 6.45) is 6.19. The molecule has 1 N–H and O–H groups in total. The number of hydrogen-bond donors (Lipinski definition) is 1. The summed E-state index contributed by atoms with van der Waals surface area (Å²) in [6, 6.07) is 8.70. The van der Waals surface area contributed by atoms with E-state index >= 15 is 0 Å². The van der Waals surface area contributed by atoms with Crippen LogP contribution in [0.4, 0.5) is 5.82 Å². The second-order valence-corrected chi connectivity index (χ2v) is 14.5. The molecule has 1 aliphatic carbocycles. The van der Waals surface area contributed by atoms with Crippen molar-refractivity contribution in [2.75, 3.05) is 39.6 Å². The van der Waals surface area contributed by atoms with Crippen LogP contribution in [0.1, 0.15) is 43.0 Å². The number of methoxy groups -OCH3 is 1. The number of aromatic nitrogens is 1. The molecular formula is C26H37N5O5S2. The fourth-order valence-corrected chi connectivity index (χ4v) is 8.97. The van der Waals surface area contributed by atoms with E-state index in [4.69, 9.17) is 4.74 Å². The van der Waals surface area contributed by atoms with Gasteiger partial charge in [0.05, 0.1) is 17.0 Å². The highest BCUT2D eigenvalue weighted by atomic mass is 32.2. The number of hydrogen-bond acceptors (Lipinski definition) is 8. The smallest absolute Gasteiger partial charge is 0.269 e. The highest BCUT2D eigenvalue weighted by Crippen LogP contribution is 2.41. The Morgan fingerprint density at radius 3 is 2.34 bits per heavy atom. The van der Waals surface area contributed by atoms with Gasteiger partial charge in [-0.15, -0.1) is 0 Å². The van der Waals surface area contributed by atoms with Crippen molar-refractivity contribution in [3.05, 3.63) is 47.7 Å². The second kappa shape index (κ2) is 10.7. The number of piperidine rings is 1. The Morgan fingerprint density at radius 2 is 1.71 bits per heavy atom. The molecule has 1 saturated heterocycles. The van der Waals surface area contributed by atoms with Crippen molar-refractivity contribution in [3.8, 4) is 0 Å². The lowest BCUT2D eigenvalue weighted by Gasteiger charge is -2.46. The lowest BCUT2D eigenvalue weighted by atomic mass is 9.80. The number of rotatable bonds is 9. The molecule has 0 bridgehead atoms. The molecule has 3 heterocycles. The molecule has 0 spiro atoms. The van der Waals surface area contributed by atoms with Crippen LogP contribution in [0.5, 0.6) is 0 Å². The molecule has 1 atom stereocenters. The third-order valence-corrected chi connectivity index (χ3v) is 11.8. The number of aryl methyl sites for hydroxylation is 1. The molecule has 0 amide bonds. The minimum atomic E-state index is -3.78. The van der Waals surface area contributed by atoms with Gasteiger partial charge in [0.1, 0.15) is 6.17 Å². The van der Waals surface area contributed by atoms with E-state index in [1.807, 2.05) is 14.0 Å². The molecule has 208 valence electrons. The zero-order valence-corrected chi connectivity index (χ0v) is 23.8. The molecule has 5 rings (SSSR count). The van der Waals surface area contributed by atoms with Crippen molar-refractivity contribution < 1.29 is 21.6 Å². The Balaban J connectivity index is 1.24. The lowest BCUT2D eigenvalue weighted by Crippen LogP contribution is -2.52. The van der Waals surface area contributed by atoms with E-state index in [0.29, 0.717) is 31.4 Å². The zero-order chi connectivity index (χ0) is 27.1. The van der Waals surface area contributed by atoms with Crippen LogP contribution >= 0.6 is 0 Å². The Labute approximate surface area is 225 Å². The van der Waals surface area contributed by atoms with Gasteiger partial charge in [-0.25, -0.2) is 30.1 Å². The van der Waals surface area contributed by atoms with Crippen molar-refractivity contribution in [2.24, 2.45) is 16.8 Å². The molecule has 1 unspecified atom stereocenters. The van der Waals surface area contributed by atoms with Crippen LogP contribution in [0, 0.1) is 18.8 Å². The number of nitrogens with one attached hydrogen (secondary N) is 1. The Morgan fingerprint density at radius 1 is 1.03 bits per heavy atom. The zero-order valence-electron chi connectivity index (χ0n) is 22.2. The lowest BCUT2D eigenvalue weighted by molar-refractivity contribution is 0.104. The predicted molar refractivity (Wildman–Crippen MR) is 146 cm³/mol. The summed E-state index contributed by atoms with van der Waals surface area (Å²) >= 11 is 0. The van der Waals surface area contributed by atoms with Crippen molar-refractivity contribution in [1.29, 1.82) is 0 Å². The van der Waals surface area contributed by atoms with Crippen LogP contribution in [0.3, 0.4) is 0 Å². The van der Waals surface area contributed by atoms with E-state index in [2.05, 4.69) is 15.2 Å². The maximum absolute atomic E-state index is 13.3. The highest BCUT2D eigenvalue weighted by molar-refractivity contribution is 7.90. The van der Waals surface area contributed by atoms with Crippen LogP contribution in [0.2, 0.25) is 0 Å². The van der Waals surface area contributed by atoms with Gasteiger partial charge in [0.2, 0.25) is 10.0 Å². The van der Waals surface area contributed by atoms with Crippen LogP contribution in [-0.4, -0.2) is 82.0 Å². The molecule has 1 saturated carbocycles.